The molecule has 110 valence electrons. The zero-order chi connectivity index (χ0) is 15.1. The molecule has 1 unspecified atom stereocenters. The Kier molecular flexibility index (Phi) is 5.88. The highest BCUT2D eigenvalue weighted by Crippen LogP contribution is 2.37. The minimum atomic E-state index is -0.156. The molecule has 0 bridgehead atoms. The largest absolute Gasteiger partial charge is 0.465 e. The first kappa shape index (κ1) is 15.6. The van der Waals surface area contributed by atoms with Crippen molar-refractivity contribution in [3.63, 3.8) is 0 Å². The van der Waals surface area contributed by atoms with Crippen LogP contribution in [-0.2, 0) is 9.53 Å². The molecule has 0 saturated carbocycles. The molecule has 0 aliphatic carbocycles. The van der Waals surface area contributed by atoms with Gasteiger partial charge < -0.3 is 4.74 Å². The van der Waals surface area contributed by atoms with Gasteiger partial charge in [-0.15, -0.1) is 11.8 Å². The second kappa shape index (κ2) is 7.89. The van der Waals surface area contributed by atoms with Crippen LogP contribution in [0.25, 0.3) is 0 Å². The molecule has 2 aromatic rings. The summed E-state index contributed by atoms with van der Waals surface area (Å²) in [6, 6.07) is 18.6. The predicted octanol–water partition coefficient (Wildman–Crippen LogP) is 4.38. The van der Waals surface area contributed by atoms with Crippen LogP contribution in [-0.4, -0.2) is 18.3 Å². The average molecular weight is 300 g/mol. The number of carbonyl (C=O) groups excluding carboxylic acids is 1. The molecule has 0 fully saturated rings. The molecule has 0 radical (unpaired) electrons. The van der Waals surface area contributed by atoms with E-state index in [2.05, 4.69) is 31.2 Å². The van der Waals surface area contributed by atoms with Crippen molar-refractivity contribution in [1.29, 1.82) is 0 Å². The van der Waals surface area contributed by atoms with Crippen LogP contribution in [0.2, 0.25) is 0 Å². The van der Waals surface area contributed by atoms with Crippen molar-refractivity contribution in [3.05, 3.63) is 71.3 Å². The number of hydrogen-bond acceptors (Lipinski definition) is 3. The van der Waals surface area contributed by atoms with Gasteiger partial charge in [-0.3, -0.25) is 4.79 Å². The smallest absolute Gasteiger partial charge is 0.315 e. The normalized spacial score (nSPS) is 11.9. The topological polar surface area (TPSA) is 26.3 Å². The van der Waals surface area contributed by atoms with E-state index in [-0.39, 0.29) is 11.2 Å². The molecule has 0 spiro atoms. The Balaban J connectivity index is 2.23. The summed E-state index contributed by atoms with van der Waals surface area (Å²) in [4.78, 5) is 11.7. The second-order valence-electron chi connectivity index (χ2n) is 4.76. The number of hydrogen-bond donors (Lipinski definition) is 0. The van der Waals surface area contributed by atoms with Crippen LogP contribution in [0.15, 0.2) is 54.6 Å². The Hall–Kier alpha value is -1.74. The van der Waals surface area contributed by atoms with Crippen molar-refractivity contribution in [2.45, 2.75) is 19.1 Å². The van der Waals surface area contributed by atoms with Gasteiger partial charge in [-0.05, 0) is 30.5 Å². The molecule has 0 aromatic heterocycles. The third kappa shape index (κ3) is 4.36. The van der Waals surface area contributed by atoms with Gasteiger partial charge in [0.15, 0.2) is 0 Å². The van der Waals surface area contributed by atoms with Gasteiger partial charge in [0.25, 0.3) is 0 Å². The van der Waals surface area contributed by atoms with Gasteiger partial charge in [-0.25, -0.2) is 0 Å². The number of benzene rings is 2. The van der Waals surface area contributed by atoms with Crippen molar-refractivity contribution < 1.29 is 9.53 Å². The summed E-state index contributed by atoms with van der Waals surface area (Å²) in [5, 5.41) is 0.150. The summed E-state index contributed by atoms with van der Waals surface area (Å²) in [5.74, 6) is 0.207. The van der Waals surface area contributed by atoms with E-state index < -0.39 is 0 Å². The molecule has 2 aromatic carbocycles. The molecule has 1 atom stereocenters. The molecule has 0 aliphatic heterocycles. The second-order valence-corrected chi connectivity index (χ2v) is 5.86. The first-order valence-corrected chi connectivity index (χ1v) is 8.15. The molecule has 0 N–H and O–H groups in total. The van der Waals surface area contributed by atoms with Crippen molar-refractivity contribution >= 4 is 17.7 Å². The van der Waals surface area contributed by atoms with Crippen LogP contribution in [0.3, 0.4) is 0 Å². The first-order chi connectivity index (χ1) is 10.2. The van der Waals surface area contributed by atoms with Gasteiger partial charge in [0, 0.05) is 0 Å². The number of rotatable bonds is 6. The molecule has 0 aliphatic rings. The minimum absolute atomic E-state index is 0.150. The van der Waals surface area contributed by atoms with Gasteiger partial charge >= 0.3 is 5.97 Å². The molecule has 3 heteroatoms. The summed E-state index contributed by atoms with van der Waals surface area (Å²) in [7, 11) is 0. The Bertz CT molecular complexity index is 581. The molecule has 2 nitrogen and oxygen atoms in total. The van der Waals surface area contributed by atoms with Crippen molar-refractivity contribution in [3.8, 4) is 0 Å². The minimum Gasteiger partial charge on any atom is -0.465 e. The van der Waals surface area contributed by atoms with Crippen molar-refractivity contribution in [2.24, 2.45) is 0 Å². The fourth-order valence-corrected chi connectivity index (χ4v) is 3.41. The highest BCUT2D eigenvalue weighted by Gasteiger charge is 2.18. The number of esters is 1. The van der Waals surface area contributed by atoms with Crippen LogP contribution in [0.4, 0.5) is 0 Å². The molecular formula is C18H20O2S. The van der Waals surface area contributed by atoms with Gasteiger partial charge in [0.2, 0.25) is 0 Å². The van der Waals surface area contributed by atoms with E-state index in [1.54, 1.807) is 11.8 Å². The van der Waals surface area contributed by atoms with Gasteiger partial charge in [0.05, 0.1) is 17.6 Å². The molecule has 2 rings (SSSR count). The van der Waals surface area contributed by atoms with E-state index >= 15 is 0 Å². The zero-order valence-electron chi connectivity index (χ0n) is 12.4. The van der Waals surface area contributed by atoms with E-state index in [1.807, 2.05) is 37.3 Å². The fraction of sp³-hybridized carbons (Fsp3) is 0.278. The zero-order valence-corrected chi connectivity index (χ0v) is 13.2. The maximum Gasteiger partial charge on any atom is 0.315 e. The molecule has 0 heterocycles. The first-order valence-electron chi connectivity index (χ1n) is 7.10. The van der Waals surface area contributed by atoms with Crippen molar-refractivity contribution in [1.82, 2.24) is 0 Å². The lowest BCUT2D eigenvalue weighted by Gasteiger charge is -2.19. The molecular weight excluding hydrogens is 280 g/mol. The van der Waals surface area contributed by atoms with Crippen LogP contribution >= 0.6 is 11.8 Å². The highest BCUT2D eigenvalue weighted by atomic mass is 32.2. The predicted molar refractivity (Wildman–Crippen MR) is 88.6 cm³/mol. The fourth-order valence-electron chi connectivity index (χ4n) is 2.23. The van der Waals surface area contributed by atoms with E-state index in [4.69, 9.17) is 4.74 Å². The van der Waals surface area contributed by atoms with Gasteiger partial charge in [-0.2, -0.15) is 0 Å². The third-order valence-corrected chi connectivity index (χ3v) is 4.51. The summed E-state index contributed by atoms with van der Waals surface area (Å²) in [5.41, 5.74) is 3.70. The summed E-state index contributed by atoms with van der Waals surface area (Å²) in [6.45, 7) is 4.37. The lowest BCUT2D eigenvalue weighted by atomic mass is 10.0. The standard InChI is InChI=1S/C18H20O2S/c1-3-20-17(19)13-21-18(15-10-5-4-6-11-15)16-12-8-7-9-14(16)2/h4-12,18H,3,13H2,1-2H3. The van der Waals surface area contributed by atoms with Gasteiger partial charge in [-0.1, -0.05) is 54.6 Å². The van der Waals surface area contributed by atoms with E-state index in [0.717, 1.165) is 0 Å². The Morgan fingerprint density at radius 2 is 1.76 bits per heavy atom. The lowest BCUT2D eigenvalue weighted by molar-refractivity contribution is -0.139. The van der Waals surface area contributed by atoms with E-state index in [1.165, 1.54) is 16.7 Å². The van der Waals surface area contributed by atoms with Crippen LogP contribution in [0.5, 0.6) is 0 Å². The number of aryl methyl sites for hydroxylation is 1. The summed E-state index contributed by atoms with van der Waals surface area (Å²) in [6.07, 6.45) is 0. The average Bonchev–Trinajstić information content (AvgIpc) is 2.50. The monoisotopic (exact) mass is 300 g/mol. The van der Waals surface area contributed by atoms with E-state index in [0.29, 0.717) is 12.4 Å². The van der Waals surface area contributed by atoms with Crippen LogP contribution in [0, 0.1) is 6.92 Å². The number of thioether (sulfide) groups is 1. The lowest BCUT2D eigenvalue weighted by Crippen LogP contribution is -2.09. The number of ether oxygens (including phenoxy) is 1. The van der Waals surface area contributed by atoms with Crippen molar-refractivity contribution in [2.75, 3.05) is 12.4 Å². The molecule has 21 heavy (non-hydrogen) atoms. The Morgan fingerprint density at radius 1 is 1.10 bits per heavy atom. The molecule has 0 amide bonds. The Morgan fingerprint density at radius 3 is 2.43 bits per heavy atom. The maximum absolute atomic E-state index is 11.7. The Labute approximate surface area is 130 Å². The quantitative estimate of drug-likeness (QED) is 0.741. The van der Waals surface area contributed by atoms with Crippen LogP contribution in [0.1, 0.15) is 28.9 Å². The van der Waals surface area contributed by atoms with E-state index in [9.17, 15) is 4.79 Å². The third-order valence-electron chi connectivity index (χ3n) is 3.25. The van der Waals surface area contributed by atoms with Crippen LogP contribution < -0.4 is 0 Å². The maximum atomic E-state index is 11.7. The van der Waals surface area contributed by atoms with Gasteiger partial charge in [0.1, 0.15) is 0 Å². The molecule has 0 saturated heterocycles. The SMILES string of the molecule is CCOC(=O)CSC(c1ccccc1)c1ccccc1C. The highest BCUT2D eigenvalue weighted by molar-refractivity contribution is 8.00. The number of carbonyl (C=O) groups is 1. The summed E-state index contributed by atoms with van der Waals surface area (Å²) >= 11 is 1.62. The summed E-state index contributed by atoms with van der Waals surface area (Å²) < 4.78 is 5.03.